The lowest BCUT2D eigenvalue weighted by molar-refractivity contribution is 0.0244. The SMILES string of the molecule is O=C(NC1CC1)N1CCCC2(COCCN(c3nncs3)C2)C1. The Hall–Kier alpha value is -1.41. The van der Waals surface area contributed by atoms with Crippen molar-refractivity contribution in [2.45, 2.75) is 31.7 Å². The Bertz CT molecular complexity index is 550. The minimum atomic E-state index is 0.00130. The van der Waals surface area contributed by atoms with Crippen molar-refractivity contribution in [2.24, 2.45) is 5.41 Å². The van der Waals surface area contributed by atoms with Crippen LogP contribution in [0.2, 0.25) is 0 Å². The van der Waals surface area contributed by atoms with Crippen LogP contribution in [0.15, 0.2) is 5.51 Å². The molecule has 1 spiro atoms. The van der Waals surface area contributed by atoms with E-state index in [4.69, 9.17) is 4.74 Å². The number of ether oxygens (including phenoxy) is 1. The molecule has 3 aliphatic rings. The predicted octanol–water partition coefficient (Wildman–Crippen LogP) is 1.33. The molecule has 126 valence electrons. The monoisotopic (exact) mass is 337 g/mol. The van der Waals surface area contributed by atoms with Crippen LogP contribution in [0.3, 0.4) is 0 Å². The summed E-state index contributed by atoms with van der Waals surface area (Å²) in [4.78, 5) is 16.7. The summed E-state index contributed by atoms with van der Waals surface area (Å²) in [6.07, 6.45) is 4.37. The summed E-state index contributed by atoms with van der Waals surface area (Å²) >= 11 is 1.57. The Kier molecular flexibility index (Phi) is 4.11. The molecule has 7 nitrogen and oxygen atoms in total. The average Bonchev–Trinajstić information content (AvgIpc) is 3.25. The first kappa shape index (κ1) is 15.1. The highest BCUT2D eigenvalue weighted by Gasteiger charge is 2.41. The number of hydrogen-bond donors (Lipinski definition) is 1. The smallest absolute Gasteiger partial charge is 0.317 e. The van der Waals surface area contributed by atoms with Gasteiger partial charge >= 0.3 is 6.03 Å². The van der Waals surface area contributed by atoms with Gasteiger partial charge in [0.1, 0.15) is 5.51 Å². The van der Waals surface area contributed by atoms with E-state index in [1.165, 1.54) is 0 Å². The van der Waals surface area contributed by atoms with Crippen LogP contribution in [-0.2, 0) is 4.74 Å². The van der Waals surface area contributed by atoms with Crippen LogP contribution >= 0.6 is 11.3 Å². The standard InChI is InChI=1S/C15H23N5O2S/c21-13(17-12-2-3-12)19-5-1-4-15(8-19)9-20(6-7-22-10-15)14-18-16-11-23-14/h11-12H,1-10H2,(H,17,21). The van der Waals surface area contributed by atoms with Crippen LogP contribution in [-0.4, -0.2) is 66.6 Å². The lowest BCUT2D eigenvalue weighted by Crippen LogP contribution is -2.54. The summed E-state index contributed by atoms with van der Waals surface area (Å²) in [5.41, 5.74) is 1.77. The van der Waals surface area contributed by atoms with Crippen molar-refractivity contribution in [1.82, 2.24) is 20.4 Å². The first-order valence-corrected chi connectivity index (χ1v) is 9.26. The molecule has 0 radical (unpaired) electrons. The topological polar surface area (TPSA) is 70.6 Å². The lowest BCUT2D eigenvalue weighted by Gasteiger charge is -2.43. The Morgan fingerprint density at radius 3 is 3.09 bits per heavy atom. The van der Waals surface area contributed by atoms with Gasteiger partial charge in [-0.2, -0.15) is 0 Å². The maximum absolute atomic E-state index is 12.4. The van der Waals surface area contributed by atoms with Gasteiger partial charge in [0.15, 0.2) is 0 Å². The molecule has 2 saturated heterocycles. The van der Waals surface area contributed by atoms with E-state index in [0.29, 0.717) is 12.6 Å². The van der Waals surface area contributed by atoms with E-state index < -0.39 is 0 Å². The third kappa shape index (κ3) is 3.42. The zero-order valence-corrected chi connectivity index (χ0v) is 14.1. The van der Waals surface area contributed by atoms with Crippen LogP contribution in [0.5, 0.6) is 0 Å². The van der Waals surface area contributed by atoms with Crippen molar-refractivity contribution in [3.8, 4) is 0 Å². The van der Waals surface area contributed by atoms with Crippen LogP contribution in [0.1, 0.15) is 25.7 Å². The van der Waals surface area contributed by atoms with Gasteiger partial charge in [-0.1, -0.05) is 11.3 Å². The van der Waals surface area contributed by atoms with Gasteiger partial charge in [0, 0.05) is 37.6 Å². The fourth-order valence-corrected chi connectivity index (χ4v) is 4.17. The average molecular weight is 337 g/mol. The van der Waals surface area contributed by atoms with Crippen molar-refractivity contribution in [2.75, 3.05) is 44.3 Å². The largest absolute Gasteiger partial charge is 0.379 e. The minimum Gasteiger partial charge on any atom is -0.379 e. The van der Waals surface area contributed by atoms with Gasteiger partial charge in [-0.3, -0.25) is 0 Å². The molecule has 1 atom stereocenters. The zero-order valence-electron chi connectivity index (χ0n) is 13.2. The molecule has 1 aliphatic carbocycles. The highest BCUT2D eigenvalue weighted by molar-refractivity contribution is 7.13. The second kappa shape index (κ2) is 6.24. The van der Waals surface area contributed by atoms with Crippen molar-refractivity contribution < 1.29 is 9.53 Å². The summed E-state index contributed by atoms with van der Waals surface area (Å²) in [5, 5.41) is 12.2. The Labute approximate surface area is 140 Å². The van der Waals surface area contributed by atoms with Gasteiger partial charge in [0.2, 0.25) is 5.13 Å². The number of nitrogens with zero attached hydrogens (tertiary/aromatic N) is 4. The number of nitrogens with one attached hydrogen (secondary N) is 1. The van der Waals surface area contributed by atoms with Crippen molar-refractivity contribution >= 4 is 22.5 Å². The lowest BCUT2D eigenvalue weighted by atomic mass is 9.80. The van der Waals surface area contributed by atoms with Gasteiger partial charge in [-0.25, -0.2) is 4.79 Å². The number of likely N-dealkylation sites (tertiary alicyclic amines) is 1. The quantitative estimate of drug-likeness (QED) is 0.881. The van der Waals surface area contributed by atoms with Crippen molar-refractivity contribution in [3.05, 3.63) is 5.51 Å². The van der Waals surface area contributed by atoms with Crippen LogP contribution < -0.4 is 10.2 Å². The summed E-state index contributed by atoms with van der Waals surface area (Å²) in [6.45, 7) is 4.76. The molecule has 8 heteroatoms. The molecule has 0 aromatic carbocycles. The number of piperidine rings is 1. The zero-order chi connectivity index (χ0) is 15.7. The number of amides is 2. The number of rotatable bonds is 2. The fourth-order valence-electron chi connectivity index (χ4n) is 3.58. The van der Waals surface area contributed by atoms with E-state index in [2.05, 4.69) is 20.4 Å². The maximum atomic E-state index is 12.4. The van der Waals surface area contributed by atoms with Crippen LogP contribution in [0, 0.1) is 5.41 Å². The molecule has 1 unspecified atom stereocenters. The summed E-state index contributed by atoms with van der Waals surface area (Å²) in [7, 11) is 0. The minimum absolute atomic E-state index is 0.00130. The van der Waals surface area contributed by atoms with E-state index >= 15 is 0 Å². The molecule has 1 aromatic heterocycles. The van der Waals surface area contributed by atoms with Crippen molar-refractivity contribution in [1.29, 1.82) is 0 Å². The molecule has 1 aromatic rings. The molecule has 23 heavy (non-hydrogen) atoms. The Balaban J connectivity index is 1.47. The van der Waals surface area contributed by atoms with E-state index in [1.54, 1.807) is 16.8 Å². The highest BCUT2D eigenvalue weighted by Crippen LogP contribution is 2.35. The number of carbonyl (C=O) groups is 1. The molecule has 4 rings (SSSR count). The van der Waals surface area contributed by atoms with E-state index in [0.717, 1.165) is 63.6 Å². The number of hydrogen-bond acceptors (Lipinski definition) is 6. The molecule has 3 heterocycles. The molecule has 0 bridgehead atoms. The second-order valence-electron chi connectivity index (χ2n) is 6.94. The Morgan fingerprint density at radius 1 is 1.39 bits per heavy atom. The summed E-state index contributed by atoms with van der Waals surface area (Å²) in [6, 6.07) is 0.502. The molecular weight excluding hydrogens is 314 g/mol. The Morgan fingerprint density at radius 2 is 2.30 bits per heavy atom. The molecule has 2 aliphatic heterocycles. The first-order chi connectivity index (χ1) is 11.2. The molecule has 3 fully saturated rings. The maximum Gasteiger partial charge on any atom is 0.317 e. The predicted molar refractivity (Wildman–Crippen MR) is 87.7 cm³/mol. The van der Waals surface area contributed by atoms with Crippen molar-refractivity contribution in [3.63, 3.8) is 0 Å². The van der Waals surface area contributed by atoms with Gasteiger partial charge in [-0.05, 0) is 25.7 Å². The van der Waals surface area contributed by atoms with E-state index in [-0.39, 0.29) is 11.4 Å². The van der Waals surface area contributed by atoms with Crippen LogP contribution in [0.4, 0.5) is 9.93 Å². The summed E-state index contributed by atoms with van der Waals surface area (Å²) < 4.78 is 5.89. The number of carbonyl (C=O) groups excluding carboxylic acids is 1. The molecule has 1 N–H and O–H groups in total. The molecule has 1 saturated carbocycles. The van der Waals surface area contributed by atoms with E-state index in [1.807, 2.05) is 4.90 Å². The number of aromatic nitrogens is 2. The third-order valence-corrected chi connectivity index (χ3v) is 5.66. The fraction of sp³-hybridized carbons (Fsp3) is 0.800. The molecular formula is C15H23N5O2S. The number of urea groups is 1. The van der Waals surface area contributed by atoms with Gasteiger partial charge < -0.3 is 19.9 Å². The van der Waals surface area contributed by atoms with Gasteiger partial charge in [-0.15, -0.1) is 10.2 Å². The highest BCUT2D eigenvalue weighted by atomic mass is 32.1. The second-order valence-corrected chi connectivity index (χ2v) is 7.76. The van der Waals surface area contributed by atoms with Gasteiger partial charge in [0.25, 0.3) is 0 Å². The van der Waals surface area contributed by atoms with Crippen LogP contribution in [0.25, 0.3) is 0 Å². The first-order valence-electron chi connectivity index (χ1n) is 8.38. The van der Waals surface area contributed by atoms with E-state index in [9.17, 15) is 4.79 Å². The van der Waals surface area contributed by atoms with Gasteiger partial charge in [0.05, 0.1) is 13.2 Å². The number of anilines is 1. The normalized spacial score (nSPS) is 28.7. The summed E-state index contributed by atoms with van der Waals surface area (Å²) in [5.74, 6) is 0. The third-order valence-electron chi connectivity index (χ3n) is 4.91. The molecule has 2 amide bonds.